The molecule has 118 valence electrons. The first-order valence-corrected chi connectivity index (χ1v) is 6.65. The number of hydrogen-bond donors (Lipinski definition) is 2. The molecule has 1 rings (SSSR count). The van der Waals surface area contributed by atoms with Gasteiger partial charge in [0.1, 0.15) is 5.60 Å². The minimum atomic E-state index is -3.30. The maximum Gasteiger partial charge on any atom is 0.407 e. The van der Waals surface area contributed by atoms with Gasteiger partial charge in [0.15, 0.2) is 0 Å². The molecule has 0 heterocycles. The first kappa shape index (κ1) is 17.4. The third-order valence-corrected chi connectivity index (χ3v) is 2.66. The smallest absolute Gasteiger partial charge is 0.407 e. The van der Waals surface area contributed by atoms with Crippen molar-refractivity contribution in [3.05, 3.63) is 35.4 Å². The normalized spacial score (nSPS) is 13.7. The highest BCUT2D eigenvalue weighted by Gasteiger charge is 2.35. The maximum atomic E-state index is 14.2. The highest BCUT2D eigenvalue weighted by Crippen LogP contribution is 2.32. The molecule has 1 atom stereocenters. The Hall–Kier alpha value is -1.69. The van der Waals surface area contributed by atoms with Crippen molar-refractivity contribution in [2.45, 2.75) is 45.3 Å². The number of alkyl halides is 2. The monoisotopic (exact) mass is 301 g/mol. The number of amides is 1. The standard InChI is InChI=1S/C15H21F2NO3/c1-10(19)11-7-5-6-8-12(11)15(16,17)9-18-13(20)21-14(2,3)4/h5-8,10,19H,9H2,1-4H3,(H,18,20). The topological polar surface area (TPSA) is 58.6 Å². The Morgan fingerprint density at radius 1 is 1.33 bits per heavy atom. The predicted molar refractivity (Wildman–Crippen MR) is 75.2 cm³/mol. The lowest BCUT2D eigenvalue weighted by Gasteiger charge is -2.23. The van der Waals surface area contributed by atoms with E-state index in [1.165, 1.54) is 25.1 Å². The van der Waals surface area contributed by atoms with Gasteiger partial charge >= 0.3 is 6.09 Å². The lowest BCUT2D eigenvalue weighted by atomic mass is 9.98. The molecule has 0 aliphatic carbocycles. The van der Waals surface area contributed by atoms with E-state index < -0.39 is 30.3 Å². The molecule has 2 N–H and O–H groups in total. The fraction of sp³-hybridized carbons (Fsp3) is 0.533. The van der Waals surface area contributed by atoms with E-state index in [0.717, 1.165) is 0 Å². The van der Waals surface area contributed by atoms with Gasteiger partial charge in [-0.2, -0.15) is 8.78 Å². The molecule has 4 nitrogen and oxygen atoms in total. The Morgan fingerprint density at radius 3 is 2.43 bits per heavy atom. The number of ether oxygens (including phenoxy) is 1. The van der Waals surface area contributed by atoms with Crippen LogP contribution in [-0.4, -0.2) is 23.3 Å². The van der Waals surface area contributed by atoms with Crippen LogP contribution < -0.4 is 5.32 Å². The Balaban J connectivity index is 2.81. The van der Waals surface area contributed by atoms with Crippen molar-refractivity contribution in [3.63, 3.8) is 0 Å². The van der Waals surface area contributed by atoms with Crippen molar-refractivity contribution >= 4 is 6.09 Å². The third-order valence-electron chi connectivity index (χ3n) is 2.66. The number of carbonyl (C=O) groups excluding carboxylic acids is 1. The van der Waals surface area contributed by atoms with Gasteiger partial charge in [0, 0.05) is 5.56 Å². The average Bonchev–Trinajstić information content (AvgIpc) is 2.34. The number of halogens is 2. The Kier molecular flexibility index (Phi) is 5.28. The molecular weight excluding hydrogens is 280 g/mol. The molecule has 1 aromatic rings. The number of aliphatic hydroxyl groups excluding tert-OH is 1. The fourth-order valence-corrected chi connectivity index (χ4v) is 1.79. The molecule has 0 aliphatic heterocycles. The highest BCUT2D eigenvalue weighted by atomic mass is 19.3. The molecule has 0 aliphatic rings. The van der Waals surface area contributed by atoms with Crippen molar-refractivity contribution < 1.29 is 23.4 Å². The van der Waals surface area contributed by atoms with Crippen LogP contribution in [-0.2, 0) is 10.7 Å². The van der Waals surface area contributed by atoms with E-state index >= 15 is 0 Å². The summed E-state index contributed by atoms with van der Waals surface area (Å²) >= 11 is 0. The molecule has 21 heavy (non-hydrogen) atoms. The van der Waals surface area contributed by atoms with E-state index in [0.29, 0.717) is 0 Å². The molecule has 0 bridgehead atoms. The van der Waals surface area contributed by atoms with Crippen LogP contribution in [0.4, 0.5) is 13.6 Å². The average molecular weight is 301 g/mol. The number of alkyl carbamates (subject to hydrolysis) is 1. The molecule has 6 heteroatoms. The van der Waals surface area contributed by atoms with Gasteiger partial charge in [-0.3, -0.25) is 0 Å². The van der Waals surface area contributed by atoms with Gasteiger partial charge < -0.3 is 15.2 Å². The van der Waals surface area contributed by atoms with Crippen LogP contribution in [0.15, 0.2) is 24.3 Å². The largest absolute Gasteiger partial charge is 0.444 e. The van der Waals surface area contributed by atoms with Gasteiger partial charge in [0.25, 0.3) is 5.92 Å². The lowest BCUT2D eigenvalue weighted by molar-refractivity contribution is -0.0115. The summed E-state index contributed by atoms with van der Waals surface area (Å²) < 4.78 is 33.3. The minimum absolute atomic E-state index is 0.133. The minimum Gasteiger partial charge on any atom is -0.444 e. The summed E-state index contributed by atoms with van der Waals surface area (Å²) in [7, 11) is 0. The molecule has 0 fully saturated rings. The number of rotatable bonds is 4. The van der Waals surface area contributed by atoms with Crippen molar-refractivity contribution in [2.24, 2.45) is 0 Å². The van der Waals surface area contributed by atoms with Gasteiger partial charge in [-0.05, 0) is 33.3 Å². The van der Waals surface area contributed by atoms with Crippen LogP contribution in [0.5, 0.6) is 0 Å². The number of hydrogen-bond acceptors (Lipinski definition) is 3. The second-order valence-corrected chi connectivity index (χ2v) is 5.82. The molecule has 0 saturated heterocycles. The second-order valence-electron chi connectivity index (χ2n) is 5.82. The number of aliphatic hydroxyl groups is 1. The van der Waals surface area contributed by atoms with Crippen LogP contribution in [0.3, 0.4) is 0 Å². The SMILES string of the molecule is CC(O)c1ccccc1C(F)(F)CNC(=O)OC(C)(C)C. The van der Waals surface area contributed by atoms with Crippen molar-refractivity contribution in [1.82, 2.24) is 5.32 Å². The van der Waals surface area contributed by atoms with Crippen LogP contribution in [0.25, 0.3) is 0 Å². The van der Waals surface area contributed by atoms with Gasteiger partial charge in [0.05, 0.1) is 12.6 Å². The molecule has 1 unspecified atom stereocenters. The zero-order valence-corrected chi connectivity index (χ0v) is 12.6. The van der Waals surface area contributed by atoms with Gasteiger partial charge in [-0.25, -0.2) is 4.79 Å². The molecular formula is C15H21F2NO3. The molecule has 1 amide bonds. The molecule has 0 saturated carbocycles. The third kappa shape index (κ3) is 5.30. The van der Waals surface area contributed by atoms with Crippen LogP contribution >= 0.6 is 0 Å². The molecule has 0 radical (unpaired) electrons. The lowest BCUT2D eigenvalue weighted by Crippen LogP contribution is -2.39. The van der Waals surface area contributed by atoms with Gasteiger partial charge in [0.2, 0.25) is 0 Å². The van der Waals surface area contributed by atoms with Crippen LogP contribution in [0.2, 0.25) is 0 Å². The van der Waals surface area contributed by atoms with Crippen LogP contribution in [0, 0.1) is 0 Å². The summed E-state index contributed by atoms with van der Waals surface area (Å²) in [5, 5.41) is 11.6. The van der Waals surface area contributed by atoms with E-state index in [9.17, 15) is 18.7 Å². The number of nitrogens with one attached hydrogen (secondary N) is 1. The quantitative estimate of drug-likeness (QED) is 0.896. The van der Waals surface area contributed by atoms with Crippen molar-refractivity contribution in [2.75, 3.05) is 6.54 Å². The van der Waals surface area contributed by atoms with Gasteiger partial charge in [-0.1, -0.05) is 24.3 Å². The first-order valence-electron chi connectivity index (χ1n) is 6.65. The summed E-state index contributed by atoms with van der Waals surface area (Å²) in [6.07, 6.45) is -1.93. The van der Waals surface area contributed by atoms with E-state index in [-0.39, 0.29) is 11.1 Å². The number of benzene rings is 1. The van der Waals surface area contributed by atoms with Crippen molar-refractivity contribution in [3.8, 4) is 0 Å². The van der Waals surface area contributed by atoms with Crippen molar-refractivity contribution in [1.29, 1.82) is 0 Å². The summed E-state index contributed by atoms with van der Waals surface area (Å²) in [5.41, 5.74) is -0.929. The first-order chi connectivity index (χ1) is 9.53. The summed E-state index contributed by atoms with van der Waals surface area (Å²) in [6, 6.07) is 5.70. The van der Waals surface area contributed by atoms with E-state index in [1.807, 2.05) is 0 Å². The summed E-state index contributed by atoms with van der Waals surface area (Å²) in [5.74, 6) is -3.30. The predicted octanol–water partition coefficient (Wildman–Crippen LogP) is 3.36. The second kappa shape index (κ2) is 6.39. The van der Waals surface area contributed by atoms with E-state index in [1.54, 1.807) is 26.8 Å². The maximum absolute atomic E-state index is 14.2. The van der Waals surface area contributed by atoms with Crippen LogP contribution in [0.1, 0.15) is 44.9 Å². The molecule has 1 aromatic carbocycles. The Labute approximate surface area is 123 Å². The molecule has 0 aromatic heterocycles. The zero-order valence-electron chi connectivity index (χ0n) is 12.6. The Morgan fingerprint density at radius 2 is 1.90 bits per heavy atom. The summed E-state index contributed by atoms with van der Waals surface area (Å²) in [6.45, 7) is 5.45. The zero-order chi connectivity index (χ0) is 16.3. The highest BCUT2D eigenvalue weighted by molar-refractivity contribution is 5.67. The van der Waals surface area contributed by atoms with Gasteiger partial charge in [-0.15, -0.1) is 0 Å². The fourth-order valence-electron chi connectivity index (χ4n) is 1.79. The number of carbonyl (C=O) groups is 1. The van der Waals surface area contributed by atoms with E-state index in [4.69, 9.17) is 4.74 Å². The molecule has 0 spiro atoms. The summed E-state index contributed by atoms with van der Waals surface area (Å²) in [4.78, 5) is 11.4. The Bertz CT molecular complexity index is 496. The van der Waals surface area contributed by atoms with E-state index in [2.05, 4.69) is 5.32 Å².